The van der Waals surface area contributed by atoms with Crippen molar-refractivity contribution in [3.8, 4) is 0 Å². The van der Waals surface area contributed by atoms with Crippen LogP contribution < -0.4 is 10.7 Å². The Morgan fingerprint density at radius 3 is 2.79 bits per heavy atom. The number of hydrazone groups is 1. The molecule has 0 aromatic heterocycles. The number of carbonyl (C=O) groups excluding carboxylic acids is 3. The van der Waals surface area contributed by atoms with E-state index in [-0.39, 0.29) is 30.4 Å². The summed E-state index contributed by atoms with van der Waals surface area (Å²) in [5.74, 6) is -0.168. The summed E-state index contributed by atoms with van der Waals surface area (Å²) in [6.45, 7) is 1.01. The van der Waals surface area contributed by atoms with Gasteiger partial charge in [-0.05, 0) is 24.8 Å². The van der Waals surface area contributed by atoms with E-state index in [2.05, 4.69) is 15.8 Å². The Bertz CT molecular complexity index is 810. The summed E-state index contributed by atoms with van der Waals surface area (Å²) < 4.78 is 5.86. The first-order valence-electron chi connectivity index (χ1n) is 9.67. The summed E-state index contributed by atoms with van der Waals surface area (Å²) >= 11 is 0. The third kappa shape index (κ3) is 3.64. The molecule has 2 fully saturated rings. The molecule has 0 unspecified atom stereocenters. The predicted octanol–water partition coefficient (Wildman–Crippen LogP) is 0.675. The zero-order valence-electron chi connectivity index (χ0n) is 15.6. The molecule has 0 spiro atoms. The lowest BCUT2D eigenvalue weighted by molar-refractivity contribution is -0.157. The van der Waals surface area contributed by atoms with Crippen molar-refractivity contribution in [1.82, 2.24) is 15.6 Å². The van der Waals surface area contributed by atoms with Crippen molar-refractivity contribution >= 4 is 23.4 Å². The van der Waals surface area contributed by atoms with Gasteiger partial charge in [0.1, 0.15) is 12.7 Å². The summed E-state index contributed by atoms with van der Waals surface area (Å²) in [5.41, 5.74) is 3.73. The summed E-state index contributed by atoms with van der Waals surface area (Å²) in [7, 11) is 0. The van der Waals surface area contributed by atoms with Gasteiger partial charge in [0.2, 0.25) is 17.7 Å². The molecule has 1 aromatic rings. The van der Waals surface area contributed by atoms with E-state index in [0.717, 1.165) is 11.3 Å². The fourth-order valence-electron chi connectivity index (χ4n) is 4.18. The standard InChI is InChI=1S/C20H24N4O4/c25-17-8-6-15(22-23-17)7-9-19(27)24-11-10-20(14-4-2-1-3-5-14)16(12-24)28-13-18(26)21-20/h1-5,16H,6-13H2,(H,21,26)(H,23,25)/t16-,20+/m1/s1. The Morgan fingerprint density at radius 1 is 1.21 bits per heavy atom. The van der Waals surface area contributed by atoms with Crippen LogP contribution >= 0.6 is 0 Å². The molecule has 3 heterocycles. The molecule has 1 aromatic carbocycles. The molecule has 148 valence electrons. The van der Waals surface area contributed by atoms with Crippen LogP contribution in [0.15, 0.2) is 35.4 Å². The molecule has 28 heavy (non-hydrogen) atoms. The van der Waals surface area contributed by atoms with Gasteiger partial charge < -0.3 is 15.0 Å². The molecule has 0 aliphatic carbocycles. The van der Waals surface area contributed by atoms with Crippen LogP contribution in [0.1, 0.15) is 37.7 Å². The van der Waals surface area contributed by atoms with Crippen molar-refractivity contribution in [2.45, 2.75) is 43.7 Å². The molecule has 8 nitrogen and oxygen atoms in total. The normalized spacial score (nSPS) is 27.4. The number of hydrogen-bond acceptors (Lipinski definition) is 5. The first kappa shape index (κ1) is 18.6. The Hall–Kier alpha value is -2.74. The number of ether oxygens (including phenoxy) is 1. The minimum atomic E-state index is -0.592. The highest BCUT2D eigenvalue weighted by Gasteiger charge is 2.49. The maximum Gasteiger partial charge on any atom is 0.246 e. The lowest BCUT2D eigenvalue weighted by atomic mass is 9.77. The van der Waals surface area contributed by atoms with Gasteiger partial charge in [0, 0.05) is 31.6 Å². The fraction of sp³-hybridized carbons (Fsp3) is 0.500. The largest absolute Gasteiger partial charge is 0.364 e. The Kier molecular flexibility index (Phi) is 5.13. The monoisotopic (exact) mass is 384 g/mol. The van der Waals surface area contributed by atoms with Crippen LogP contribution in [0.4, 0.5) is 0 Å². The third-order valence-corrected chi connectivity index (χ3v) is 5.74. The highest BCUT2D eigenvalue weighted by molar-refractivity contribution is 5.94. The van der Waals surface area contributed by atoms with E-state index in [0.29, 0.717) is 45.2 Å². The molecular formula is C20H24N4O4. The molecule has 0 bridgehead atoms. The van der Waals surface area contributed by atoms with Crippen LogP contribution in [-0.4, -0.2) is 54.1 Å². The van der Waals surface area contributed by atoms with Crippen LogP contribution in [0.3, 0.4) is 0 Å². The first-order valence-corrected chi connectivity index (χ1v) is 9.67. The first-order chi connectivity index (χ1) is 13.6. The molecule has 4 rings (SSSR count). The van der Waals surface area contributed by atoms with Gasteiger partial charge in [0.15, 0.2) is 0 Å². The van der Waals surface area contributed by atoms with Crippen LogP contribution in [0.5, 0.6) is 0 Å². The van der Waals surface area contributed by atoms with Crippen molar-refractivity contribution in [2.24, 2.45) is 5.10 Å². The number of fused-ring (bicyclic) bond motifs is 1. The van der Waals surface area contributed by atoms with Gasteiger partial charge in [0.05, 0.1) is 5.54 Å². The number of benzene rings is 1. The molecular weight excluding hydrogens is 360 g/mol. The number of piperidine rings is 1. The van der Waals surface area contributed by atoms with Crippen molar-refractivity contribution in [2.75, 3.05) is 19.7 Å². The van der Waals surface area contributed by atoms with Crippen LogP contribution in [0, 0.1) is 0 Å². The Morgan fingerprint density at radius 2 is 2.04 bits per heavy atom. The number of likely N-dealkylation sites (tertiary alicyclic amines) is 1. The zero-order valence-corrected chi connectivity index (χ0v) is 15.6. The zero-order chi connectivity index (χ0) is 19.6. The maximum atomic E-state index is 12.7. The van der Waals surface area contributed by atoms with Crippen molar-refractivity contribution in [3.63, 3.8) is 0 Å². The predicted molar refractivity (Wildman–Crippen MR) is 101 cm³/mol. The molecule has 3 aliphatic rings. The highest BCUT2D eigenvalue weighted by Crippen LogP contribution is 2.37. The van der Waals surface area contributed by atoms with E-state index in [1.165, 1.54) is 0 Å². The van der Waals surface area contributed by atoms with E-state index in [4.69, 9.17) is 4.74 Å². The number of morpholine rings is 1. The minimum absolute atomic E-state index is 0.0117. The van der Waals surface area contributed by atoms with E-state index >= 15 is 0 Å². The second kappa shape index (κ2) is 7.71. The van der Waals surface area contributed by atoms with Gasteiger partial charge in [-0.1, -0.05) is 30.3 Å². The molecule has 0 radical (unpaired) electrons. The summed E-state index contributed by atoms with van der Waals surface area (Å²) in [6.07, 6.45) is 2.25. The van der Waals surface area contributed by atoms with Crippen molar-refractivity contribution in [1.29, 1.82) is 0 Å². The molecule has 3 amide bonds. The van der Waals surface area contributed by atoms with E-state index in [9.17, 15) is 14.4 Å². The number of hydrogen-bond donors (Lipinski definition) is 2. The van der Waals surface area contributed by atoms with E-state index in [1.807, 2.05) is 35.2 Å². The average Bonchev–Trinajstić information content (AvgIpc) is 2.73. The van der Waals surface area contributed by atoms with Gasteiger partial charge in [-0.2, -0.15) is 5.10 Å². The second-order valence-corrected chi connectivity index (χ2v) is 7.49. The topological polar surface area (TPSA) is 100 Å². The lowest BCUT2D eigenvalue weighted by Crippen LogP contribution is -2.67. The molecule has 2 N–H and O–H groups in total. The lowest BCUT2D eigenvalue weighted by Gasteiger charge is -2.50. The smallest absolute Gasteiger partial charge is 0.246 e. The van der Waals surface area contributed by atoms with Crippen molar-refractivity contribution in [3.05, 3.63) is 35.9 Å². The average molecular weight is 384 g/mol. The quantitative estimate of drug-likeness (QED) is 0.797. The molecule has 3 aliphatic heterocycles. The number of nitrogens with zero attached hydrogens (tertiary/aromatic N) is 2. The molecule has 2 atom stereocenters. The van der Waals surface area contributed by atoms with Crippen molar-refractivity contribution < 1.29 is 19.1 Å². The summed E-state index contributed by atoms with van der Waals surface area (Å²) in [6, 6.07) is 9.83. The summed E-state index contributed by atoms with van der Waals surface area (Å²) in [5, 5.41) is 7.16. The Balaban J connectivity index is 1.42. The second-order valence-electron chi connectivity index (χ2n) is 7.49. The van der Waals surface area contributed by atoms with Crippen LogP contribution in [0.25, 0.3) is 0 Å². The van der Waals surface area contributed by atoms with Gasteiger partial charge in [-0.25, -0.2) is 5.43 Å². The third-order valence-electron chi connectivity index (χ3n) is 5.74. The van der Waals surface area contributed by atoms with E-state index < -0.39 is 5.54 Å². The number of amides is 3. The van der Waals surface area contributed by atoms with Gasteiger partial charge in [-0.3, -0.25) is 14.4 Å². The fourth-order valence-corrected chi connectivity index (χ4v) is 4.18. The van der Waals surface area contributed by atoms with Gasteiger partial charge in [0.25, 0.3) is 0 Å². The summed E-state index contributed by atoms with van der Waals surface area (Å²) in [4.78, 5) is 37.8. The molecule has 2 saturated heterocycles. The number of nitrogens with one attached hydrogen (secondary N) is 2. The van der Waals surface area contributed by atoms with Crippen LogP contribution in [0.2, 0.25) is 0 Å². The van der Waals surface area contributed by atoms with Crippen LogP contribution in [-0.2, 0) is 24.7 Å². The Labute approximate surface area is 163 Å². The molecule has 0 saturated carbocycles. The number of rotatable bonds is 4. The highest BCUT2D eigenvalue weighted by atomic mass is 16.5. The van der Waals surface area contributed by atoms with Gasteiger partial charge in [-0.15, -0.1) is 0 Å². The van der Waals surface area contributed by atoms with Gasteiger partial charge >= 0.3 is 0 Å². The number of carbonyl (C=O) groups is 3. The van der Waals surface area contributed by atoms with E-state index in [1.54, 1.807) is 0 Å². The SMILES string of the molecule is O=C1CCC(CCC(=O)N2CC[C@@]3(c4ccccc4)NC(=O)CO[C@@H]3C2)=NN1. The molecule has 8 heteroatoms. The minimum Gasteiger partial charge on any atom is -0.364 e. The maximum absolute atomic E-state index is 12.7.